The normalized spacial score (nSPS) is 12.5. The molecular weight excluding hydrogens is 266 g/mol. The van der Waals surface area contributed by atoms with Gasteiger partial charge in [0.05, 0.1) is 23.4 Å². The van der Waals surface area contributed by atoms with E-state index >= 15 is 0 Å². The Morgan fingerprint density at radius 3 is 2.79 bits per heavy atom. The number of nitrogen functional groups attached to an aromatic ring is 1. The Bertz CT molecular complexity index is 440. The van der Waals surface area contributed by atoms with Crippen LogP contribution in [0.4, 0.5) is 11.4 Å². The number of nitrogens with two attached hydrogens (primary N) is 1. The van der Waals surface area contributed by atoms with Gasteiger partial charge in [0.1, 0.15) is 0 Å². The molecule has 19 heavy (non-hydrogen) atoms. The quantitative estimate of drug-likeness (QED) is 0.693. The summed E-state index contributed by atoms with van der Waals surface area (Å²) in [5, 5.41) is 12.1. The molecule has 0 fully saturated rings. The van der Waals surface area contributed by atoms with Crippen molar-refractivity contribution in [3.8, 4) is 0 Å². The van der Waals surface area contributed by atoms with Crippen LogP contribution in [0.25, 0.3) is 0 Å². The number of nitrogens with zero attached hydrogens (tertiary/aromatic N) is 1. The topological polar surface area (TPSA) is 78.6 Å². The van der Waals surface area contributed by atoms with Crippen LogP contribution in [0.3, 0.4) is 0 Å². The molecule has 0 bridgehead atoms. The van der Waals surface area contributed by atoms with Crippen LogP contribution in [0.15, 0.2) is 18.2 Å². The highest BCUT2D eigenvalue weighted by Crippen LogP contribution is 2.24. The third kappa shape index (κ3) is 4.38. The SMILES string of the molecule is CCC(C(=O)Nc1ccc(N)cc1Cl)N(C)CCO. The van der Waals surface area contributed by atoms with Crippen molar-refractivity contribution in [2.24, 2.45) is 0 Å². The summed E-state index contributed by atoms with van der Waals surface area (Å²) in [5.74, 6) is -0.148. The third-order valence-electron chi connectivity index (χ3n) is 2.93. The number of anilines is 2. The average molecular weight is 286 g/mol. The maximum Gasteiger partial charge on any atom is 0.241 e. The van der Waals surface area contributed by atoms with E-state index in [0.29, 0.717) is 29.4 Å². The molecule has 0 saturated heterocycles. The molecule has 4 N–H and O–H groups in total. The van der Waals surface area contributed by atoms with Gasteiger partial charge in [0.15, 0.2) is 0 Å². The van der Waals surface area contributed by atoms with E-state index in [-0.39, 0.29) is 18.6 Å². The number of carbonyl (C=O) groups excluding carboxylic acids is 1. The number of hydrogen-bond donors (Lipinski definition) is 3. The van der Waals surface area contributed by atoms with E-state index in [9.17, 15) is 4.79 Å². The summed E-state index contributed by atoms with van der Waals surface area (Å²) < 4.78 is 0. The summed E-state index contributed by atoms with van der Waals surface area (Å²) in [7, 11) is 1.80. The van der Waals surface area contributed by atoms with Crippen LogP contribution >= 0.6 is 11.6 Å². The van der Waals surface area contributed by atoms with Crippen LogP contribution in [0, 0.1) is 0 Å². The van der Waals surface area contributed by atoms with Gasteiger partial charge in [-0.3, -0.25) is 9.69 Å². The van der Waals surface area contributed by atoms with Crippen molar-refractivity contribution in [3.63, 3.8) is 0 Å². The van der Waals surface area contributed by atoms with Crippen LogP contribution in [0.1, 0.15) is 13.3 Å². The van der Waals surface area contributed by atoms with Gasteiger partial charge in [-0.15, -0.1) is 0 Å². The molecule has 0 aliphatic heterocycles. The van der Waals surface area contributed by atoms with Gasteiger partial charge < -0.3 is 16.2 Å². The molecule has 106 valence electrons. The first kappa shape index (κ1) is 15.8. The van der Waals surface area contributed by atoms with Gasteiger partial charge in [-0.1, -0.05) is 18.5 Å². The molecule has 1 rings (SSSR count). The number of aliphatic hydroxyl groups is 1. The lowest BCUT2D eigenvalue weighted by molar-refractivity contribution is -0.121. The number of carbonyl (C=O) groups is 1. The first-order chi connectivity index (χ1) is 8.99. The van der Waals surface area contributed by atoms with Crippen LogP contribution in [0.2, 0.25) is 5.02 Å². The number of benzene rings is 1. The Labute approximate surface area is 118 Å². The first-order valence-corrected chi connectivity index (χ1v) is 6.54. The van der Waals surface area contributed by atoms with E-state index in [1.54, 1.807) is 30.1 Å². The lowest BCUT2D eigenvalue weighted by Gasteiger charge is -2.25. The molecule has 1 atom stereocenters. The first-order valence-electron chi connectivity index (χ1n) is 6.16. The number of nitrogens with one attached hydrogen (secondary N) is 1. The van der Waals surface area contributed by atoms with E-state index in [4.69, 9.17) is 22.4 Å². The Morgan fingerprint density at radius 2 is 2.26 bits per heavy atom. The van der Waals surface area contributed by atoms with E-state index in [0.717, 1.165) is 0 Å². The van der Waals surface area contributed by atoms with Crippen molar-refractivity contribution >= 4 is 28.9 Å². The molecule has 1 aromatic carbocycles. The summed E-state index contributed by atoms with van der Waals surface area (Å²) >= 11 is 6.01. The van der Waals surface area contributed by atoms with Gasteiger partial charge in [0, 0.05) is 12.2 Å². The second-order valence-electron chi connectivity index (χ2n) is 4.36. The van der Waals surface area contributed by atoms with Crippen LogP contribution in [0.5, 0.6) is 0 Å². The molecule has 0 aromatic heterocycles. The second kappa shape index (κ2) is 7.33. The maximum absolute atomic E-state index is 12.2. The van der Waals surface area contributed by atoms with Gasteiger partial charge in [0.2, 0.25) is 5.91 Å². The summed E-state index contributed by atoms with van der Waals surface area (Å²) in [5.41, 5.74) is 6.69. The number of rotatable bonds is 6. The van der Waals surface area contributed by atoms with Crippen LogP contribution < -0.4 is 11.1 Å². The van der Waals surface area contributed by atoms with E-state index in [2.05, 4.69) is 5.32 Å². The lowest BCUT2D eigenvalue weighted by atomic mass is 10.1. The van der Waals surface area contributed by atoms with Crippen molar-refractivity contribution in [2.45, 2.75) is 19.4 Å². The Hall–Kier alpha value is -1.30. The van der Waals surface area contributed by atoms with E-state index in [1.807, 2.05) is 6.92 Å². The van der Waals surface area contributed by atoms with Crippen molar-refractivity contribution in [1.82, 2.24) is 4.90 Å². The fourth-order valence-electron chi connectivity index (χ4n) is 1.86. The predicted octanol–water partition coefficient (Wildman–Crippen LogP) is 1.56. The summed E-state index contributed by atoms with van der Waals surface area (Å²) in [6.07, 6.45) is 0.648. The zero-order valence-corrected chi connectivity index (χ0v) is 11.9. The summed E-state index contributed by atoms with van der Waals surface area (Å²) in [6.45, 7) is 2.38. The minimum absolute atomic E-state index is 0.0168. The number of amides is 1. The molecule has 0 aliphatic carbocycles. The molecule has 6 heteroatoms. The second-order valence-corrected chi connectivity index (χ2v) is 4.76. The summed E-state index contributed by atoms with van der Waals surface area (Å²) in [6, 6.07) is 4.64. The lowest BCUT2D eigenvalue weighted by Crippen LogP contribution is -2.42. The predicted molar refractivity (Wildman–Crippen MR) is 78.3 cm³/mol. The molecule has 0 aliphatic rings. The van der Waals surface area contributed by atoms with Crippen molar-refractivity contribution in [3.05, 3.63) is 23.2 Å². The van der Waals surface area contributed by atoms with Crippen LogP contribution in [-0.4, -0.2) is 42.2 Å². The molecular formula is C13H20ClN3O2. The van der Waals surface area contributed by atoms with Gasteiger partial charge in [0.25, 0.3) is 0 Å². The minimum atomic E-state index is -0.305. The zero-order chi connectivity index (χ0) is 14.4. The van der Waals surface area contributed by atoms with E-state index < -0.39 is 0 Å². The van der Waals surface area contributed by atoms with Crippen molar-refractivity contribution < 1.29 is 9.90 Å². The molecule has 1 aromatic rings. The molecule has 5 nitrogen and oxygen atoms in total. The highest BCUT2D eigenvalue weighted by atomic mass is 35.5. The zero-order valence-electron chi connectivity index (χ0n) is 11.2. The van der Waals surface area contributed by atoms with Crippen molar-refractivity contribution in [1.29, 1.82) is 0 Å². The molecule has 0 spiro atoms. The number of aliphatic hydroxyl groups excluding tert-OH is 1. The average Bonchev–Trinajstić information content (AvgIpc) is 2.34. The number of likely N-dealkylation sites (N-methyl/N-ethyl adjacent to an activating group) is 1. The molecule has 1 amide bonds. The van der Waals surface area contributed by atoms with Gasteiger partial charge >= 0.3 is 0 Å². The largest absolute Gasteiger partial charge is 0.399 e. The van der Waals surface area contributed by atoms with Gasteiger partial charge in [-0.2, -0.15) is 0 Å². The summed E-state index contributed by atoms with van der Waals surface area (Å²) in [4.78, 5) is 14.0. The standard InChI is InChI=1S/C13H20ClN3O2/c1-3-12(17(2)6-7-18)13(19)16-11-5-4-9(15)8-10(11)14/h4-5,8,12,18H,3,6-7,15H2,1-2H3,(H,16,19). The third-order valence-corrected chi connectivity index (χ3v) is 3.24. The Balaban J connectivity index is 2.76. The smallest absolute Gasteiger partial charge is 0.241 e. The van der Waals surface area contributed by atoms with Gasteiger partial charge in [-0.25, -0.2) is 0 Å². The Morgan fingerprint density at radius 1 is 1.58 bits per heavy atom. The Kier molecular flexibility index (Phi) is 6.08. The maximum atomic E-state index is 12.2. The molecule has 0 saturated carbocycles. The molecule has 0 heterocycles. The number of halogens is 1. The van der Waals surface area contributed by atoms with Crippen molar-refractivity contribution in [2.75, 3.05) is 31.2 Å². The highest BCUT2D eigenvalue weighted by molar-refractivity contribution is 6.34. The fourth-order valence-corrected chi connectivity index (χ4v) is 2.10. The van der Waals surface area contributed by atoms with Gasteiger partial charge in [-0.05, 0) is 31.7 Å². The molecule has 1 unspecified atom stereocenters. The fraction of sp³-hybridized carbons (Fsp3) is 0.462. The minimum Gasteiger partial charge on any atom is -0.399 e. The number of hydrogen-bond acceptors (Lipinski definition) is 4. The molecule has 0 radical (unpaired) electrons. The highest BCUT2D eigenvalue weighted by Gasteiger charge is 2.21. The monoisotopic (exact) mass is 285 g/mol. The van der Waals surface area contributed by atoms with E-state index in [1.165, 1.54) is 0 Å². The van der Waals surface area contributed by atoms with Crippen LogP contribution in [-0.2, 0) is 4.79 Å².